The summed E-state index contributed by atoms with van der Waals surface area (Å²) in [7, 11) is 0. The number of carbonyl (C=O) groups is 1. The molecule has 2 N–H and O–H groups in total. The predicted octanol–water partition coefficient (Wildman–Crippen LogP) is 4.09. The monoisotopic (exact) mass is 373 g/mol. The summed E-state index contributed by atoms with van der Waals surface area (Å²) in [6.07, 6.45) is 0.734. The average molecular weight is 373 g/mol. The summed E-state index contributed by atoms with van der Waals surface area (Å²) >= 11 is 0. The van der Waals surface area contributed by atoms with Gasteiger partial charge in [0.25, 0.3) is 0 Å². The molecule has 144 valence electrons. The van der Waals surface area contributed by atoms with E-state index in [1.165, 1.54) is 0 Å². The fraction of sp³-hybridized carbons (Fsp3) is 0.240. The molecule has 0 aliphatic heterocycles. The van der Waals surface area contributed by atoms with E-state index in [-0.39, 0.29) is 24.3 Å². The molecule has 0 saturated carbocycles. The quantitative estimate of drug-likeness (QED) is 0.625. The Morgan fingerprint density at radius 3 is 2.14 bits per heavy atom. The molecule has 0 heterocycles. The molecule has 0 fully saturated rings. The maximum atomic E-state index is 13.2. The standard InChI is InChI=1S/C25H27NO2/c1-19-10-8-9-15-23(19)24(22-13-6-3-7-14-22)25(28)26-17-21(18-27)16-20-11-4-2-5-12-20/h2-15,21,24,27H,16-18H2,1H3,(H,26,28). The molecule has 0 spiro atoms. The van der Waals surface area contributed by atoms with Gasteiger partial charge in [0, 0.05) is 19.1 Å². The van der Waals surface area contributed by atoms with Gasteiger partial charge in [-0.05, 0) is 35.6 Å². The van der Waals surface area contributed by atoms with Crippen LogP contribution in [0.15, 0.2) is 84.9 Å². The summed E-state index contributed by atoms with van der Waals surface area (Å²) in [4.78, 5) is 13.2. The van der Waals surface area contributed by atoms with E-state index in [9.17, 15) is 9.90 Å². The molecule has 3 heteroatoms. The molecule has 0 radical (unpaired) electrons. The zero-order chi connectivity index (χ0) is 19.8. The Morgan fingerprint density at radius 2 is 1.50 bits per heavy atom. The first-order valence-electron chi connectivity index (χ1n) is 9.72. The summed E-state index contributed by atoms with van der Waals surface area (Å²) in [5.74, 6) is -0.412. The largest absolute Gasteiger partial charge is 0.396 e. The Balaban J connectivity index is 1.75. The molecule has 28 heavy (non-hydrogen) atoms. The Morgan fingerprint density at radius 1 is 0.893 bits per heavy atom. The molecule has 0 bridgehead atoms. The van der Waals surface area contributed by atoms with Crippen LogP contribution in [0.5, 0.6) is 0 Å². The predicted molar refractivity (Wildman–Crippen MR) is 113 cm³/mol. The van der Waals surface area contributed by atoms with Gasteiger partial charge < -0.3 is 10.4 Å². The van der Waals surface area contributed by atoms with Crippen LogP contribution in [0.1, 0.15) is 28.2 Å². The smallest absolute Gasteiger partial charge is 0.232 e. The van der Waals surface area contributed by atoms with Crippen molar-refractivity contribution in [1.82, 2.24) is 5.32 Å². The normalized spacial score (nSPS) is 12.9. The van der Waals surface area contributed by atoms with Crippen molar-refractivity contribution in [1.29, 1.82) is 0 Å². The van der Waals surface area contributed by atoms with E-state index in [0.717, 1.165) is 28.7 Å². The fourth-order valence-corrected chi connectivity index (χ4v) is 3.52. The average Bonchev–Trinajstić information content (AvgIpc) is 2.74. The Bertz CT molecular complexity index is 877. The number of amides is 1. The molecule has 1 amide bonds. The van der Waals surface area contributed by atoms with Crippen LogP contribution in [0, 0.1) is 12.8 Å². The van der Waals surface area contributed by atoms with E-state index in [1.807, 2.05) is 91.9 Å². The lowest BCUT2D eigenvalue weighted by Gasteiger charge is -2.22. The molecule has 2 unspecified atom stereocenters. The Hall–Kier alpha value is -2.91. The van der Waals surface area contributed by atoms with E-state index in [4.69, 9.17) is 0 Å². The first-order valence-corrected chi connectivity index (χ1v) is 9.72. The molecule has 3 aromatic carbocycles. The molecule has 0 aliphatic rings. The summed E-state index contributed by atoms with van der Waals surface area (Å²) in [6.45, 7) is 2.51. The van der Waals surface area contributed by atoms with Crippen molar-refractivity contribution < 1.29 is 9.90 Å². The molecule has 3 rings (SSSR count). The van der Waals surface area contributed by atoms with E-state index < -0.39 is 0 Å². The lowest BCUT2D eigenvalue weighted by atomic mass is 9.87. The van der Waals surface area contributed by atoms with E-state index >= 15 is 0 Å². The van der Waals surface area contributed by atoms with Crippen molar-refractivity contribution >= 4 is 5.91 Å². The van der Waals surface area contributed by atoms with Gasteiger partial charge in [0.2, 0.25) is 5.91 Å². The second-order valence-electron chi connectivity index (χ2n) is 7.18. The maximum Gasteiger partial charge on any atom is 0.232 e. The highest BCUT2D eigenvalue weighted by Crippen LogP contribution is 2.27. The summed E-state index contributed by atoms with van der Waals surface area (Å²) < 4.78 is 0. The van der Waals surface area contributed by atoms with Gasteiger partial charge in [-0.3, -0.25) is 4.79 Å². The minimum atomic E-state index is -0.363. The Labute approximate surface area is 167 Å². The highest BCUT2D eigenvalue weighted by Gasteiger charge is 2.24. The number of carbonyl (C=O) groups excluding carboxylic acids is 1. The zero-order valence-electron chi connectivity index (χ0n) is 16.2. The zero-order valence-corrected chi connectivity index (χ0v) is 16.2. The third kappa shape index (κ3) is 5.08. The van der Waals surface area contributed by atoms with Gasteiger partial charge in [0.05, 0.1) is 5.92 Å². The van der Waals surface area contributed by atoms with E-state index in [2.05, 4.69) is 5.32 Å². The van der Waals surface area contributed by atoms with Crippen molar-refractivity contribution in [2.45, 2.75) is 19.3 Å². The molecular formula is C25H27NO2. The molecule has 3 aromatic rings. The SMILES string of the molecule is Cc1ccccc1C(C(=O)NCC(CO)Cc1ccccc1)c1ccccc1. The first kappa shape index (κ1) is 19.8. The van der Waals surface area contributed by atoms with Crippen LogP contribution in [0.4, 0.5) is 0 Å². The minimum Gasteiger partial charge on any atom is -0.396 e. The van der Waals surface area contributed by atoms with Crippen LogP contribution in [-0.4, -0.2) is 24.2 Å². The fourth-order valence-electron chi connectivity index (χ4n) is 3.52. The first-order chi connectivity index (χ1) is 13.7. The van der Waals surface area contributed by atoms with Crippen LogP contribution < -0.4 is 5.32 Å². The van der Waals surface area contributed by atoms with Crippen molar-refractivity contribution in [2.24, 2.45) is 5.92 Å². The summed E-state index contributed by atoms with van der Waals surface area (Å²) in [6, 6.07) is 27.9. The lowest BCUT2D eigenvalue weighted by Crippen LogP contribution is -2.35. The van der Waals surface area contributed by atoms with Gasteiger partial charge in [0.15, 0.2) is 0 Å². The minimum absolute atomic E-state index is 0.0142. The van der Waals surface area contributed by atoms with Crippen molar-refractivity contribution in [2.75, 3.05) is 13.2 Å². The second-order valence-corrected chi connectivity index (χ2v) is 7.18. The number of hydrogen-bond acceptors (Lipinski definition) is 2. The molecule has 2 atom stereocenters. The van der Waals surface area contributed by atoms with Gasteiger partial charge >= 0.3 is 0 Å². The molecule has 0 saturated heterocycles. The van der Waals surface area contributed by atoms with E-state index in [1.54, 1.807) is 0 Å². The van der Waals surface area contributed by atoms with Crippen molar-refractivity contribution in [3.05, 3.63) is 107 Å². The van der Waals surface area contributed by atoms with Crippen molar-refractivity contribution in [3.8, 4) is 0 Å². The number of nitrogens with one attached hydrogen (secondary N) is 1. The third-order valence-electron chi connectivity index (χ3n) is 5.08. The topological polar surface area (TPSA) is 49.3 Å². The van der Waals surface area contributed by atoms with Gasteiger partial charge in [-0.2, -0.15) is 0 Å². The van der Waals surface area contributed by atoms with Crippen LogP contribution in [-0.2, 0) is 11.2 Å². The summed E-state index contributed by atoms with van der Waals surface area (Å²) in [5, 5.41) is 12.8. The number of hydrogen-bond donors (Lipinski definition) is 2. The second kappa shape index (κ2) is 9.86. The van der Waals surface area contributed by atoms with Gasteiger partial charge in [-0.25, -0.2) is 0 Å². The van der Waals surface area contributed by atoms with Gasteiger partial charge in [-0.1, -0.05) is 84.9 Å². The Kier molecular flexibility index (Phi) is 6.99. The number of aliphatic hydroxyl groups excluding tert-OH is 1. The number of benzene rings is 3. The summed E-state index contributed by atoms with van der Waals surface area (Å²) in [5.41, 5.74) is 4.23. The van der Waals surface area contributed by atoms with Crippen LogP contribution >= 0.6 is 0 Å². The van der Waals surface area contributed by atoms with Crippen LogP contribution in [0.25, 0.3) is 0 Å². The van der Waals surface area contributed by atoms with Crippen LogP contribution in [0.2, 0.25) is 0 Å². The molecule has 0 aliphatic carbocycles. The highest BCUT2D eigenvalue weighted by atomic mass is 16.3. The number of aryl methyl sites for hydroxylation is 1. The third-order valence-corrected chi connectivity index (χ3v) is 5.08. The molecule has 3 nitrogen and oxygen atoms in total. The van der Waals surface area contributed by atoms with E-state index in [0.29, 0.717) is 6.54 Å². The van der Waals surface area contributed by atoms with Crippen LogP contribution in [0.3, 0.4) is 0 Å². The van der Waals surface area contributed by atoms with Gasteiger partial charge in [0.1, 0.15) is 0 Å². The molecular weight excluding hydrogens is 346 g/mol. The lowest BCUT2D eigenvalue weighted by molar-refractivity contribution is -0.121. The van der Waals surface area contributed by atoms with Crippen molar-refractivity contribution in [3.63, 3.8) is 0 Å². The highest BCUT2D eigenvalue weighted by molar-refractivity contribution is 5.87. The number of rotatable bonds is 8. The van der Waals surface area contributed by atoms with Gasteiger partial charge in [-0.15, -0.1) is 0 Å². The molecule has 0 aromatic heterocycles. The maximum absolute atomic E-state index is 13.2. The number of aliphatic hydroxyl groups is 1.